The summed E-state index contributed by atoms with van der Waals surface area (Å²) < 4.78 is 10.9. The minimum atomic E-state index is -1.30. The number of aliphatic hydroxyl groups is 3. The van der Waals surface area contributed by atoms with E-state index in [1.54, 1.807) is 0 Å². The maximum atomic E-state index is 12.1. The monoisotopic (exact) mass is 674 g/mol. The molecule has 270 valence electrons. The summed E-state index contributed by atoms with van der Waals surface area (Å²) in [5.74, 6) is 2.70. The Morgan fingerprint density at radius 1 is 0.898 bits per heavy atom. The Morgan fingerprint density at radius 3 is 2.20 bits per heavy atom. The van der Waals surface area contributed by atoms with Gasteiger partial charge in [-0.25, -0.2) is 4.79 Å². The maximum absolute atomic E-state index is 12.1. The van der Waals surface area contributed by atoms with Crippen LogP contribution in [-0.4, -0.2) is 54.0 Å². The molecule has 3 N–H and O–H groups in total. The summed E-state index contributed by atoms with van der Waals surface area (Å²) in [5, 5.41) is 28.6. The molecule has 0 aliphatic heterocycles. The smallest absolute Gasteiger partial charge is 0.335 e. The molecule has 2 saturated carbocycles. The van der Waals surface area contributed by atoms with E-state index < -0.39 is 18.9 Å². The van der Waals surface area contributed by atoms with Gasteiger partial charge in [-0.05, 0) is 122 Å². The molecule has 4 rings (SSSR count). The number of benzene rings is 2. The van der Waals surface area contributed by atoms with Crippen molar-refractivity contribution in [1.29, 1.82) is 0 Å². The molecule has 2 aliphatic carbocycles. The van der Waals surface area contributed by atoms with Gasteiger partial charge in [0.05, 0.1) is 32.0 Å². The van der Waals surface area contributed by atoms with E-state index in [-0.39, 0.29) is 36.9 Å². The van der Waals surface area contributed by atoms with Gasteiger partial charge >= 0.3 is 5.97 Å². The van der Waals surface area contributed by atoms with E-state index in [0.29, 0.717) is 12.3 Å². The van der Waals surface area contributed by atoms with Gasteiger partial charge in [0.25, 0.3) is 0 Å². The van der Waals surface area contributed by atoms with E-state index in [2.05, 4.69) is 70.3 Å². The predicted molar refractivity (Wildman–Crippen MR) is 198 cm³/mol. The number of aryl methyl sites for hydroxylation is 3. The fraction of sp³-hybridized carbons (Fsp3) is 0.605. The molecule has 2 aliphatic rings. The van der Waals surface area contributed by atoms with Crippen LogP contribution in [0.1, 0.15) is 113 Å². The van der Waals surface area contributed by atoms with Crippen LogP contribution in [0.3, 0.4) is 0 Å². The zero-order valence-electron chi connectivity index (χ0n) is 30.4. The summed E-state index contributed by atoms with van der Waals surface area (Å²) >= 11 is 0. The zero-order chi connectivity index (χ0) is 35.3. The standard InChI is InChI=1S/C43H62O6/c1-6-8-32-11-14-36(15-12-32)37-16-18-38(19-17-37)40-22-20-39(23-29(40)3)41-21-13-33(24-35(41)7-2)9-10-34(27-48-42(46)30(4)25-44)28-49-43(47)31(5)26-45/h13,20-24,32,34,36-38,42,44-46H,4-12,14-19,25-28H2,1-3H3. The van der Waals surface area contributed by atoms with Gasteiger partial charge in [0.1, 0.15) is 0 Å². The molecule has 0 spiro atoms. The molecule has 2 unspecified atom stereocenters. The number of hydrogen-bond acceptors (Lipinski definition) is 6. The molecular formula is C43H62O6. The number of esters is 1. The van der Waals surface area contributed by atoms with E-state index in [9.17, 15) is 20.1 Å². The number of aliphatic hydroxyl groups excluding tert-OH is 3. The average molecular weight is 675 g/mol. The highest BCUT2D eigenvalue weighted by molar-refractivity contribution is 5.87. The molecule has 0 radical (unpaired) electrons. The lowest BCUT2D eigenvalue weighted by atomic mass is 9.67. The molecule has 49 heavy (non-hydrogen) atoms. The van der Waals surface area contributed by atoms with Crippen molar-refractivity contribution in [1.82, 2.24) is 0 Å². The first-order valence-electron chi connectivity index (χ1n) is 18.9. The zero-order valence-corrected chi connectivity index (χ0v) is 30.4. The molecule has 0 amide bonds. The second-order valence-electron chi connectivity index (χ2n) is 14.9. The van der Waals surface area contributed by atoms with Gasteiger partial charge in [-0.1, -0.05) is 89.1 Å². The third-order valence-corrected chi connectivity index (χ3v) is 11.4. The van der Waals surface area contributed by atoms with Crippen LogP contribution in [-0.2, 0) is 27.1 Å². The largest absolute Gasteiger partial charge is 0.462 e. The summed E-state index contributed by atoms with van der Waals surface area (Å²) in [6, 6.07) is 13.8. The normalized spacial score (nSPS) is 22.3. The molecule has 2 fully saturated rings. The van der Waals surface area contributed by atoms with E-state index in [0.717, 1.165) is 30.6 Å². The van der Waals surface area contributed by atoms with Crippen LogP contribution < -0.4 is 0 Å². The average Bonchev–Trinajstić information content (AvgIpc) is 3.13. The van der Waals surface area contributed by atoms with Gasteiger partial charge in [0.15, 0.2) is 6.29 Å². The Kier molecular flexibility index (Phi) is 15.6. The minimum Gasteiger partial charge on any atom is -0.462 e. The molecule has 0 heterocycles. The van der Waals surface area contributed by atoms with Crippen molar-refractivity contribution in [3.8, 4) is 11.1 Å². The number of carbonyl (C=O) groups excluding carboxylic acids is 1. The first-order chi connectivity index (χ1) is 23.7. The predicted octanol–water partition coefficient (Wildman–Crippen LogP) is 8.63. The lowest BCUT2D eigenvalue weighted by molar-refractivity contribution is -0.143. The van der Waals surface area contributed by atoms with Gasteiger partial charge in [0, 0.05) is 11.5 Å². The van der Waals surface area contributed by atoms with Crippen molar-refractivity contribution >= 4 is 5.97 Å². The fourth-order valence-corrected chi connectivity index (χ4v) is 8.31. The highest BCUT2D eigenvalue weighted by Crippen LogP contribution is 2.45. The van der Waals surface area contributed by atoms with Gasteiger partial charge in [-0.2, -0.15) is 0 Å². The lowest BCUT2D eigenvalue weighted by Gasteiger charge is -2.38. The van der Waals surface area contributed by atoms with Crippen LogP contribution >= 0.6 is 0 Å². The topological polar surface area (TPSA) is 96.2 Å². The van der Waals surface area contributed by atoms with Crippen molar-refractivity contribution in [3.05, 3.63) is 83.0 Å². The third-order valence-electron chi connectivity index (χ3n) is 11.4. The highest BCUT2D eigenvalue weighted by Gasteiger charge is 2.31. The van der Waals surface area contributed by atoms with E-state index >= 15 is 0 Å². The number of hydrogen-bond donors (Lipinski definition) is 3. The quantitative estimate of drug-likeness (QED) is 0.0634. The van der Waals surface area contributed by atoms with Crippen molar-refractivity contribution < 1.29 is 29.6 Å². The second kappa shape index (κ2) is 19.6. The highest BCUT2D eigenvalue weighted by atomic mass is 16.6. The third kappa shape index (κ3) is 11.1. The van der Waals surface area contributed by atoms with Gasteiger partial charge in [0.2, 0.25) is 0 Å². The Bertz CT molecular complexity index is 1360. The summed E-state index contributed by atoms with van der Waals surface area (Å²) in [7, 11) is 0. The Hall–Kier alpha value is -2.77. The summed E-state index contributed by atoms with van der Waals surface area (Å²) in [6.07, 6.45) is 15.0. The van der Waals surface area contributed by atoms with Crippen LogP contribution in [0.2, 0.25) is 0 Å². The van der Waals surface area contributed by atoms with Crippen molar-refractivity contribution in [2.45, 2.75) is 116 Å². The van der Waals surface area contributed by atoms with Gasteiger partial charge < -0.3 is 24.8 Å². The number of ether oxygens (including phenoxy) is 2. The van der Waals surface area contributed by atoms with E-state index in [1.165, 1.54) is 97.6 Å². The Morgan fingerprint density at radius 2 is 1.59 bits per heavy atom. The fourth-order valence-electron chi connectivity index (χ4n) is 8.31. The van der Waals surface area contributed by atoms with Crippen LogP contribution in [0.4, 0.5) is 0 Å². The summed E-state index contributed by atoms with van der Waals surface area (Å²) in [6.45, 7) is 13.3. The molecular weight excluding hydrogens is 612 g/mol. The van der Waals surface area contributed by atoms with Gasteiger partial charge in [-0.3, -0.25) is 0 Å². The van der Waals surface area contributed by atoms with Crippen LogP contribution in [0, 0.1) is 30.6 Å². The summed E-state index contributed by atoms with van der Waals surface area (Å²) in [5.41, 5.74) is 8.11. The molecule has 6 nitrogen and oxygen atoms in total. The minimum absolute atomic E-state index is 0.0118. The van der Waals surface area contributed by atoms with E-state index in [4.69, 9.17) is 9.47 Å². The van der Waals surface area contributed by atoms with Crippen molar-refractivity contribution in [2.24, 2.45) is 23.7 Å². The van der Waals surface area contributed by atoms with Crippen molar-refractivity contribution in [3.63, 3.8) is 0 Å². The molecule has 2 aromatic carbocycles. The van der Waals surface area contributed by atoms with Gasteiger partial charge in [-0.15, -0.1) is 0 Å². The first kappa shape index (κ1) is 39.0. The maximum Gasteiger partial charge on any atom is 0.335 e. The summed E-state index contributed by atoms with van der Waals surface area (Å²) in [4.78, 5) is 12.1. The van der Waals surface area contributed by atoms with Crippen LogP contribution in [0.15, 0.2) is 60.7 Å². The van der Waals surface area contributed by atoms with E-state index in [1.807, 2.05) is 0 Å². The lowest BCUT2D eigenvalue weighted by Crippen LogP contribution is -2.25. The number of rotatable bonds is 18. The molecule has 6 heteroatoms. The molecule has 2 atom stereocenters. The second-order valence-corrected chi connectivity index (χ2v) is 14.9. The molecule has 0 bridgehead atoms. The molecule has 0 aromatic heterocycles. The first-order valence-corrected chi connectivity index (χ1v) is 18.9. The molecule has 2 aromatic rings. The van der Waals surface area contributed by atoms with Crippen LogP contribution in [0.25, 0.3) is 11.1 Å². The van der Waals surface area contributed by atoms with Crippen molar-refractivity contribution in [2.75, 3.05) is 26.4 Å². The van der Waals surface area contributed by atoms with Crippen LogP contribution in [0.5, 0.6) is 0 Å². The number of carbonyl (C=O) groups is 1. The SMILES string of the molecule is C=C(CO)C(=O)OCC(CCc1ccc(-c2ccc(C3CCC(C4CCC(CCC)CC4)CC3)c(C)c2)c(CC)c1)COC(O)C(=C)CO. The molecule has 0 saturated heterocycles. The Labute approximate surface area is 295 Å². The Balaban J connectivity index is 1.36.